The van der Waals surface area contributed by atoms with E-state index >= 15 is 0 Å². The van der Waals surface area contributed by atoms with Crippen molar-refractivity contribution in [2.24, 2.45) is 0 Å². The number of nitrogens with zero attached hydrogens (tertiary/aromatic N) is 2. The van der Waals surface area contributed by atoms with Crippen LogP contribution in [0.25, 0.3) is 0 Å². The molecular weight excluding hydrogens is 316 g/mol. The average Bonchev–Trinajstić information content (AvgIpc) is 3.10. The molecule has 0 spiro atoms. The van der Waals surface area contributed by atoms with Crippen molar-refractivity contribution in [3.8, 4) is 11.5 Å². The molecule has 1 unspecified atom stereocenters. The van der Waals surface area contributed by atoms with E-state index in [0.29, 0.717) is 11.8 Å². The van der Waals surface area contributed by atoms with Gasteiger partial charge >= 0.3 is 6.61 Å². The van der Waals surface area contributed by atoms with Gasteiger partial charge in [0, 0.05) is 45.3 Å². The fourth-order valence-electron chi connectivity index (χ4n) is 3.50. The van der Waals surface area contributed by atoms with Gasteiger partial charge in [-0.2, -0.15) is 8.78 Å². The van der Waals surface area contributed by atoms with E-state index in [4.69, 9.17) is 4.74 Å². The van der Waals surface area contributed by atoms with Gasteiger partial charge in [-0.3, -0.25) is 9.80 Å². The topological polar surface area (TPSA) is 37.0 Å². The zero-order valence-electron chi connectivity index (χ0n) is 14.0. The highest BCUT2D eigenvalue weighted by Gasteiger charge is 2.26. The van der Waals surface area contributed by atoms with Crippen molar-refractivity contribution in [1.82, 2.24) is 15.1 Å². The van der Waals surface area contributed by atoms with Crippen LogP contribution in [0.15, 0.2) is 18.2 Å². The second-order valence-electron chi connectivity index (χ2n) is 6.32. The summed E-state index contributed by atoms with van der Waals surface area (Å²) in [5.74, 6) is 0.429. The summed E-state index contributed by atoms with van der Waals surface area (Å²) in [5, 5.41) is 3.41. The van der Waals surface area contributed by atoms with Crippen molar-refractivity contribution >= 4 is 0 Å². The van der Waals surface area contributed by atoms with E-state index in [2.05, 4.69) is 19.9 Å². The highest BCUT2D eigenvalue weighted by atomic mass is 19.3. The monoisotopic (exact) mass is 341 g/mol. The summed E-state index contributed by atoms with van der Waals surface area (Å²) >= 11 is 0. The molecule has 0 bridgehead atoms. The predicted octanol–water partition coefficient (Wildman–Crippen LogP) is 1.78. The van der Waals surface area contributed by atoms with Gasteiger partial charge in [0.2, 0.25) is 0 Å². The van der Waals surface area contributed by atoms with E-state index < -0.39 is 6.61 Å². The molecule has 2 fully saturated rings. The van der Waals surface area contributed by atoms with Crippen LogP contribution in [0.1, 0.15) is 12.0 Å². The minimum Gasteiger partial charge on any atom is -0.493 e. The molecule has 2 aliphatic heterocycles. The van der Waals surface area contributed by atoms with Crippen molar-refractivity contribution in [2.75, 3.05) is 46.4 Å². The Morgan fingerprint density at radius 1 is 1.21 bits per heavy atom. The average molecular weight is 341 g/mol. The van der Waals surface area contributed by atoms with Gasteiger partial charge in [0.15, 0.2) is 11.5 Å². The Balaban J connectivity index is 1.56. The number of piperazine rings is 1. The van der Waals surface area contributed by atoms with Gasteiger partial charge in [0.05, 0.1) is 7.11 Å². The maximum absolute atomic E-state index is 12.5. The molecule has 1 atom stereocenters. The number of halogens is 2. The second kappa shape index (κ2) is 8.09. The summed E-state index contributed by atoms with van der Waals surface area (Å²) < 4.78 is 34.7. The molecule has 1 N–H and O–H groups in total. The molecule has 24 heavy (non-hydrogen) atoms. The molecule has 134 valence electrons. The number of nitrogens with one attached hydrogen (secondary N) is 1. The molecule has 0 amide bonds. The van der Waals surface area contributed by atoms with Crippen molar-refractivity contribution in [3.05, 3.63) is 23.8 Å². The maximum Gasteiger partial charge on any atom is 0.387 e. The first-order chi connectivity index (χ1) is 11.7. The lowest BCUT2D eigenvalue weighted by molar-refractivity contribution is -0.0512. The lowest BCUT2D eigenvalue weighted by Crippen LogP contribution is -2.50. The summed E-state index contributed by atoms with van der Waals surface area (Å²) in [6.07, 6.45) is 1.23. The van der Waals surface area contributed by atoms with Gasteiger partial charge in [-0.15, -0.1) is 0 Å². The fourth-order valence-corrected chi connectivity index (χ4v) is 3.50. The normalized spacial score (nSPS) is 22.9. The Hall–Kier alpha value is -1.44. The Bertz CT molecular complexity index is 531. The Kier molecular flexibility index (Phi) is 5.86. The van der Waals surface area contributed by atoms with E-state index in [9.17, 15) is 8.78 Å². The zero-order chi connectivity index (χ0) is 16.9. The molecule has 1 aromatic carbocycles. The first-order valence-corrected chi connectivity index (χ1v) is 8.44. The van der Waals surface area contributed by atoms with Gasteiger partial charge < -0.3 is 14.8 Å². The zero-order valence-corrected chi connectivity index (χ0v) is 14.0. The second-order valence-corrected chi connectivity index (χ2v) is 6.32. The summed E-state index contributed by atoms with van der Waals surface area (Å²) in [6, 6.07) is 5.91. The minimum atomic E-state index is -2.85. The van der Waals surface area contributed by atoms with Crippen LogP contribution in [0, 0.1) is 0 Å². The van der Waals surface area contributed by atoms with Crippen LogP contribution in [0.5, 0.6) is 11.5 Å². The molecule has 0 radical (unpaired) electrons. The van der Waals surface area contributed by atoms with E-state index in [0.717, 1.165) is 51.4 Å². The van der Waals surface area contributed by atoms with Crippen LogP contribution in [0.2, 0.25) is 0 Å². The molecule has 2 aliphatic rings. The summed E-state index contributed by atoms with van der Waals surface area (Å²) in [4.78, 5) is 4.91. The molecule has 0 aliphatic carbocycles. The van der Waals surface area contributed by atoms with Gasteiger partial charge in [-0.25, -0.2) is 0 Å². The number of hydrogen-bond acceptors (Lipinski definition) is 5. The molecule has 2 saturated heterocycles. The first kappa shape index (κ1) is 17.4. The molecule has 0 saturated carbocycles. The van der Waals surface area contributed by atoms with E-state index in [1.54, 1.807) is 12.1 Å². The predicted molar refractivity (Wildman–Crippen MR) is 87.8 cm³/mol. The van der Waals surface area contributed by atoms with Crippen LogP contribution < -0.4 is 14.8 Å². The van der Waals surface area contributed by atoms with E-state index in [1.807, 2.05) is 6.07 Å². The third-order valence-corrected chi connectivity index (χ3v) is 4.81. The van der Waals surface area contributed by atoms with Crippen molar-refractivity contribution < 1.29 is 18.3 Å². The standard InChI is InChI=1S/C17H25F2N3O2/c1-23-15-3-2-13(10-16(15)24-17(18)19)12-21-6-8-22(9-7-21)14-4-5-20-11-14/h2-3,10,14,17,20H,4-9,11-12H2,1H3. The van der Waals surface area contributed by atoms with Crippen LogP contribution in [-0.4, -0.2) is 68.8 Å². The molecule has 2 heterocycles. The number of benzene rings is 1. The number of alkyl halides is 2. The molecule has 7 heteroatoms. The maximum atomic E-state index is 12.5. The molecular formula is C17H25F2N3O2. The molecule has 3 rings (SSSR count). The molecule has 1 aromatic rings. The lowest BCUT2D eigenvalue weighted by atomic mass is 10.1. The highest BCUT2D eigenvalue weighted by Crippen LogP contribution is 2.30. The van der Waals surface area contributed by atoms with Crippen LogP contribution in [0.4, 0.5) is 8.78 Å². The van der Waals surface area contributed by atoms with Gasteiger partial charge in [-0.05, 0) is 30.7 Å². The Labute approximate surface area is 141 Å². The summed E-state index contributed by atoms with van der Waals surface area (Å²) in [6.45, 7) is 4.20. The SMILES string of the molecule is COc1ccc(CN2CCN(C3CCNC3)CC2)cc1OC(F)F. The number of hydrogen-bond donors (Lipinski definition) is 1. The Morgan fingerprint density at radius 3 is 2.62 bits per heavy atom. The van der Waals surface area contributed by atoms with E-state index in [-0.39, 0.29) is 5.75 Å². The third kappa shape index (κ3) is 4.34. The van der Waals surface area contributed by atoms with E-state index in [1.165, 1.54) is 13.5 Å². The highest BCUT2D eigenvalue weighted by molar-refractivity contribution is 5.43. The molecule has 0 aromatic heterocycles. The van der Waals surface area contributed by atoms with Crippen molar-refractivity contribution in [1.29, 1.82) is 0 Å². The number of ether oxygens (including phenoxy) is 2. The third-order valence-electron chi connectivity index (χ3n) is 4.81. The first-order valence-electron chi connectivity index (χ1n) is 8.44. The van der Waals surface area contributed by atoms with Gasteiger partial charge in [-0.1, -0.05) is 6.07 Å². The molecule has 5 nitrogen and oxygen atoms in total. The van der Waals surface area contributed by atoms with Crippen LogP contribution in [0.3, 0.4) is 0 Å². The quantitative estimate of drug-likeness (QED) is 0.854. The van der Waals surface area contributed by atoms with Gasteiger partial charge in [0.25, 0.3) is 0 Å². The van der Waals surface area contributed by atoms with Crippen molar-refractivity contribution in [3.63, 3.8) is 0 Å². The lowest BCUT2D eigenvalue weighted by Gasteiger charge is -2.37. The Morgan fingerprint density at radius 2 is 2.00 bits per heavy atom. The van der Waals surface area contributed by atoms with Crippen LogP contribution in [-0.2, 0) is 6.54 Å². The largest absolute Gasteiger partial charge is 0.493 e. The fraction of sp³-hybridized carbons (Fsp3) is 0.647. The minimum absolute atomic E-state index is 0.0978. The summed E-state index contributed by atoms with van der Waals surface area (Å²) in [7, 11) is 1.45. The number of methoxy groups -OCH3 is 1. The van der Waals surface area contributed by atoms with Crippen LogP contribution >= 0.6 is 0 Å². The summed E-state index contributed by atoms with van der Waals surface area (Å²) in [5.41, 5.74) is 0.961. The van der Waals surface area contributed by atoms with Gasteiger partial charge in [0.1, 0.15) is 0 Å². The van der Waals surface area contributed by atoms with Crippen molar-refractivity contribution in [2.45, 2.75) is 25.6 Å². The smallest absolute Gasteiger partial charge is 0.387 e. The number of rotatable bonds is 6.